The maximum absolute atomic E-state index is 13.9. The number of aromatic carboxylic acids is 1. The summed E-state index contributed by atoms with van der Waals surface area (Å²) in [6.45, 7) is 2.52. The van der Waals surface area contributed by atoms with Crippen molar-refractivity contribution >= 4 is 29.3 Å². The number of carbonyl (C=O) groups excluding carboxylic acids is 1. The van der Waals surface area contributed by atoms with Gasteiger partial charge in [-0.05, 0) is 35.7 Å². The molecule has 1 aliphatic rings. The van der Waals surface area contributed by atoms with Crippen LogP contribution in [-0.4, -0.2) is 33.3 Å². The molecule has 1 aromatic heterocycles. The molecule has 2 heterocycles. The highest BCUT2D eigenvalue weighted by Gasteiger charge is 2.44. The Labute approximate surface area is 204 Å². The van der Waals surface area contributed by atoms with E-state index in [9.17, 15) is 22.8 Å². The number of nitrogens with zero attached hydrogens (tertiary/aromatic N) is 3. The Morgan fingerprint density at radius 3 is 2.46 bits per heavy atom. The first-order valence-electron chi connectivity index (χ1n) is 10.8. The van der Waals surface area contributed by atoms with Gasteiger partial charge in [-0.2, -0.15) is 18.3 Å². The number of amides is 1. The van der Waals surface area contributed by atoms with Gasteiger partial charge in [0, 0.05) is 19.0 Å². The average molecular weight is 507 g/mol. The molecule has 0 fully saturated rings. The van der Waals surface area contributed by atoms with E-state index in [0.717, 1.165) is 11.1 Å². The van der Waals surface area contributed by atoms with Gasteiger partial charge >= 0.3 is 12.1 Å². The van der Waals surface area contributed by atoms with Crippen LogP contribution in [0.25, 0.3) is 0 Å². The summed E-state index contributed by atoms with van der Waals surface area (Å²) in [7, 11) is 0. The van der Waals surface area contributed by atoms with Crippen molar-refractivity contribution in [2.24, 2.45) is 0 Å². The molecule has 1 unspecified atom stereocenters. The molecule has 0 aliphatic carbocycles. The fourth-order valence-electron chi connectivity index (χ4n) is 4.11. The van der Waals surface area contributed by atoms with Gasteiger partial charge in [0.25, 0.3) is 5.91 Å². The highest BCUT2D eigenvalue weighted by atomic mass is 35.5. The van der Waals surface area contributed by atoms with Crippen LogP contribution >= 0.6 is 11.6 Å². The minimum absolute atomic E-state index is 0.0648. The van der Waals surface area contributed by atoms with Gasteiger partial charge < -0.3 is 15.3 Å². The summed E-state index contributed by atoms with van der Waals surface area (Å²) in [5, 5.41) is 15.4. The number of alkyl halides is 4. The summed E-state index contributed by atoms with van der Waals surface area (Å²) >= 11 is 5.91. The van der Waals surface area contributed by atoms with Crippen molar-refractivity contribution in [2.75, 3.05) is 11.4 Å². The fraction of sp³-hybridized carbons (Fsp3) is 0.292. The van der Waals surface area contributed by atoms with Crippen molar-refractivity contribution in [1.82, 2.24) is 15.1 Å². The summed E-state index contributed by atoms with van der Waals surface area (Å²) < 4.78 is 42.8. The molecule has 2 N–H and O–H groups in total. The van der Waals surface area contributed by atoms with Gasteiger partial charge in [0.15, 0.2) is 5.69 Å². The Morgan fingerprint density at radius 2 is 1.83 bits per heavy atom. The third kappa shape index (κ3) is 5.12. The van der Waals surface area contributed by atoms with E-state index in [1.165, 1.54) is 28.9 Å². The predicted molar refractivity (Wildman–Crippen MR) is 124 cm³/mol. The molecule has 0 saturated heterocycles. The lowest BCUT2D eigenvalue weighted by molar-refractivity contribution is -0.141. The lowest BCUT2D eigenvalue weighted by Crippen LogP contribution is -2.31. The van der Waals surface area contributed by atoms with E-state index in [1.807, 2.05) is 24.3 Å². The van der Waals surface area contributed by atoms with Gasteiger partial charge in [0.1, 0.15) is 11.4 Å². The number of hydrogen-bond acceptors (Lipinski definition) is 4. The zero-order chi connectivity index (χ0) is 25.3. The third-order valence-corrected chi connectivity index (χ3v) is 6.14. The molecule has 1 atom stereocenters. The van der Waals surface area contributed by atoms with E-state index in [-0.39, 0.29) is 17.9 Å². The van der Waals surface area contributed by atoms with Crippen LogP contribution < -0.4 is 10.2 Å². The zero-order valence-corrected chi connectivity index (χ0v) is 19.4. The van der Waals surface area contributed by atoms with Crippen molar-refractivity contribution in [2.45, 2.75) is 38.1 Å². The van der Waals surface area contributed by atoms with Crippen LogP contribution in [0.4, 0.5) is 19.0 Å². The number of nitrogens with one attached hydrogen (secondary N) is 1. The Balaban J connectivity index is 1.64. The number of anilines is 1. The molecule has 35 heavy (non-hydrogen) atoms. The molecule has 1 aliphatic heterocycles. The zero-order valence-electron chi connectivity index (χ0n) is 18.6. The average Bonchev–Trinajstić information content (AvgIpc) is 3.39. The maximum Gasteiger partial charge on any atom is 0.436 e. The number of carbonyl (C=O) groups is 2. The van der Waals surface area contributed by atoms with E-state index >= 15 is 0 Å². The third-order valence-electron chi connectivity index (χ3n) is 5.83. The maximum atomic E-state index is 13.9. The topological polar surface area (TPSA) is 87.5 Å². The molecule has 3 aromatic rings. The first kappa shape index (κ1) is 24.6. The SMILES string of the molecule is CC(NC(=O)c1c(C(F)(F)F)nn2c1N(Cc1cccc(CCl)c1)CC2)c1ccc(C(=O)O)cc1. The van der Waals surface area contributed by atoms with E-state index in [4.69, 9.17) is 16.7 Å². The number of aromatic nitrogens is 2. The lowest BCUT2D eigenvalue weighted by atomic mass is 10.1. The number of fused-ring (bicyclic) bond motifs is 1. The summed E-state index contributed by atoms with van der Waals surface area (Å²) in [6, 6.07) is 12.5. The number of hydrogen-bond donors (Lipinski definition) is 2. The Bertz CT molecular complexity index is 1260. The van der Waals surface area contributed by atoms with Gasteiger partial charge in [0.2, 0.25) is 0 Å². The van der Waals surface area contributed by atoms with Crippen molar-refractivity contribution < 1.29 is 27.9 Å². The van der Waals surface area contributed by atoms with Crippen LogP contribution in [0.15, 0.2) is 48.5 Å². The number of carboxylic acid groups (broad SMARTS) is 1. The molecular weight excluding hydrogens is 485 g/mol. The van der Waals surface area contributed by atoms with Gasteiger partial charge in [-0.1, -0.05) is 36.4 Å². The van der Waals surface area contributed by atoms with Gasteiger partial charge in [-0.3, -0.25) is 4.79 Å². The monoisotopic (exact) mass is 506 g/mol. The Kier molecular flexibility index (Phi) is 6.75. The van der Waals surface area contributed by atoms with Crippen LogP contribution in [0.3, 0.4) is 0 Å². The van der Waals surface area contributed by atoms with Gasteiger partial charge in [-0.15, -0.1) is 11.6 Å². The van der Waals surface area contributed by atoms with E-state index in [2.05, 4.69) is 10.4 Å². The second-order valence-electron chi connectivity index (χ2n) is 8.27. The second kappa shape index (κ2) is 9.61. The molecule has 0 radical (unpaired) electrons. The second-order valence-corrected chi connectivity index (χ2v) is 8.53. The Hall–Kier alpha value is -3.53. The smallest absolute Gasteiger partial charge is 0.436 e. The van der Waals surface area contributed by atoms with Crippen molar-refractivity contribution in [1.29, 1.82) is 0 Å². The largest absolute Gasteiger partial charge is 0.478 e. The van der Waals surface area contributed by atoms with Crippen molar-refractivity contribution in [3.05, 3.63) is 82.0 Å². The fourth-order valence-corrected chi connectivity index (χ4v) is 4.28. The van der Waals surface area contributed by atoms with Crippen LogP contribution in [0.1, 0.15) is 56.1 Å². The first-order chi connectivity index (χ1) is 16.6. The lowest BCUT2D eigenvalue weighted by Gasteiger charge is -2.21. The number of benzene rings is 2. The molecule has 4 rings (SSSR count). The highest BCUT2D eigenvalue weighted by Crippen LogP contribution is 2.38. The van der Waals surface area contributed by atoms with E-state index in [1.54, 1.807) is 11.8 Å². The van der Waals surface area contributed by atoms with Gasteiger partial charge in [0.05, 0.1) is 18.2 Å². The molecule has 1 amide bonds. The summed E-state index contributed by atoms with van der Waals surface area (Å²) in [5.74, 6) is -1.59. The molecule has 0 bridgehead atoms. The first-order valence-corrected chi connectivity index (χ1v) is 11.3. The summed E-state index contributed by atoms with van der Waals surface area (Å²) in [4.78, 5) is 25.9. The molecule has 2 aromatic carbocycles. The molecule has 0 saturated carbocycles. The minimum Gasteiger partial charge on any atom is -0.478 e. The van der Waals surface area contributed by atoms with Crippen LogP contribution in [-0.2, 0) is 25.1 Å². The quantitative estimate of drug-likeness (QED) is 0.447. The normalized spacial score (nSPS) is 14.0. The number of halogens is 4. The van der Waals surface area contributed by atoms with E-state index in [0.29, 0.717) is 24.5 Å². The van der Waals surface area contributed by atoms with Crippen LogP contribution in [0.5, 0.6) is 0 Å². The van der Waals surface area contributed by atoms with E-state index < -0.39 is 35.4 Å². The number of rotatable bonds is 7. The van der Waals surface area contributed by atoms with Gasteiger partial charge in [-0.25, -0.2) is 9.48 Å². The van der Waals surface area contributed by atoms with Crippen molar-refractivity contribution in [3.8, 4) is 0 Å². The molecule has 11 heteroatoms. The van der Waals surface area contributed by atoms with Crippen molar-refractivity contribution in [3.63, 3.8) is 0 Å². The highest BCUT2D eigenvalue weighted by molar-refractivity contribution is 6.17. The predicted octanol–water partition coefficient (Wildman–Crippen LogP) is 4.85. The Morgan fingerprint density at radius 1 is 1.14 bits per heavy atom. The molecule has 7 nitrogen and oxygen atoms in total. The van der Waals surface area contributed by atoms with Crippen LogP contribution in [0.2, 0.25) is 0 Å². The standard InChI is InChI=1S/C24H22ClF3N4O3/c1-14(17-5-7-18(8-6-17)23(34)35)29-21(33)19-20(24(26,27)28)30-32-10-9-31(22(19)32)13-16-4-2-3-15(11-16)12-25/h2-8,11,14H,9-10,12-13H2,1H3,(H,29,33)(H,34,35). The summed E-state index contributed by atoms with van der Waals surface area (Å²) in [5.41, 5.74) is 0.582. The minimum atomic E-state index is -4.82. The summed E-state index contributed by atoms with van der Waals surface area (Å²) in [6.07, 6.45) is -4.82. The number of carboxylic acids is 1. The van der Waals surface area contributed by atoms with Crippen LogP contribution in [0, 0.1) is 0 Å². The molecular formula is C24H22ClF3N4O3. The molecule has 0 spiro atoms. The molecule has 184 valence electrons.